The van der Waals surface area contributed by atoms with E-state index >= 15 is 0 Å². The van der Waals surface area contributed by atoms with Crippen LogP contribution in [-0.4, -0.2) is 49.3 Å². The highest BCUT2D eigenvalue weighted by molar-refractivity contribution is 7.47. The van der Waals surface area contributed by atoms with Crippen molar-refractivity contribution in [2.75, 3.05) is 26.4 Å². The molecule has 10 heteroatoms. The Morgan fingerprint density at radius 2 is 1.08 bits per heavy atom. The fourth-order valence-corrected chi connectivity index (χ4v) is 5.96. The summed E-state index contributed by atoms with van der Waals surface area (Å²) in [6.07, 6.45) is 34.9. The van der Waals surface area contributed by atoms with Gasteiger partial charge in [-0.25, -0.2) is 4.57 Å². The molecule has 0 saturated carbocycles. The van der Waals surface area contributed by atoms with Crippen molar-refractivity contribution in [3.05, 3.63) is 24.3 Å². The highest BCUT2D eigenvalue weighted by Gasteiger charge is 2.25. The largest absolute Gasteiger partial charge is 0.472 e. The maximum absolute atomic E-state index is 12.5. The number of phosphoric ester groups is 1. The summed E-state index contributed by atoms with van der Waals surface area (Å²) in [7, 11) is -4.37. The van der Waals surface area contributed by atoms with Crippen LogP contribution in [0.25, 0.3) is 0 Å². The van der Waals surface area contributed by atoms with Crippen LogP contribution in [0.15, 0.2) is 24.3 Å². The van der Waals surface area contributed by atoms with Gasteiger partial charge in [0.15, 0.2) is 6.10 Å². The molecular formula is C38H72NO8P. The highest BCUT2D eigenvalue weighted by Crippen LogP contribution is 2.43. The first kappa shape index (κ1) is 46.5. The number of nitrogens with two attached hydrogens (primary N) is 1. The number of carbonyl (C=O) groups excluding carboxylic acids is 2. The van der Waals surface area contributed by atoms with Crippen molar-refractivity contribution in [2.45, 2.75) is 180 Å². The first-order chi connectivity index (χ1) is 23.3. The number of unbranched alkanes of at least 4 members (excludes halogenated alkanes) is 19. The van der Waals surface area contributed by atoms with Gasteiger partial charge in [0.1, 0.15) is 6.61 Å². The van der Waals surface area contributed by atoms with Crippen molar-refractivity contribution in [1.82, 2.24) is 0 Å². The normalized spacial score (nSPS) is 13.7. The molecule has 0 aromatic carbocycles. The summed E-state index contributed by atoms with van der Waals surface area (Å²) in [5.74, 6) is -0.842. The lowest BCUT2D eigenvalue weighted by Gasteiger charge is -2.19. The van der Waals surface area contributed by atoms with E-state index in [1.807, 2.05) is 0 Å². The highest BCUT2D eigenvalue weighted by atomic mass is 31.2. The summed E-state index contributed by atoms with van der Waals surface area (Å²) < 4.78 is 32.6. The molecule has 0 aromatic heterocycles. The third-order valence-corrected chi connectivity index (χ3v) is 9.07. The Bertz CT molecular complexity index is 851. The lowest BCUT2D eigenvalue weighted by atomic mass is 10.0. The van der Waals surface area contributed by atoms with Crippen molar-refractivity contribution in [3.63, 3.8) is 0 Å². The van der Waals surface area contributed by atoms with Gasteiger partial charge in [-0.05, 0) is 44.9 Å². The summed E-state index contributed by atoms with van der Waals surface area (Å²) in [6, 6.07) is 0. The van der Waals surface area contributed by atoms with Crippen LogP contribution in [0.1, 0.15) is 174 Å². The molecule has 0 aliphatic carbocycles. The maximum Gasteiger partial charge on any atom is 0.472 e. The van der Waals surface area contributed by atoms with Gasteiger partial charge >= 0.3 is 19.8 Å². The Morgan fingerprint density at radius 3 is 1.62 bits per heavy atom. The summed E-state index contributed by atoms with van der Waals surface area (Å²) >= 11 is 0. The molecule has 282 valence electrons. The van der Waals surface area contributed by atoms with Crippen LogP contribution in [0.3, 0.4) is 0 Å². The minimum absolute atomic E-state index is 0.0527. The van der Waals surface area contributed by atoms with E-state index in [9.17, 15) is 19.0 Å². The third-order valence-electron chi connectivity index (χ3n) is 8.09. The Kier molecular flexibility index (Phi) is 34.2. The Morgan fingerprint density at radius 1 is 0.625 bits per heavy atom. The molecule has 2 unspecified atom stereocenters. The van der Waals surface area contributed by atoms with E-state index in [0.717, 1.165) is 57.8 Å². The number of ether oxygens (including phenoxy) is 2. The van der Waals surface area contributed by atoms with Gasteiger partial charge in [-0.2, -0.15) is 0 Å². The number of hydrogen-bond donors (Lipinski definition) is 2. The molecule has 0 aliphatic rings. The average molecular weight is 702 g/mol. The van der Waals surface area contributed by atoms with Gasteiger partial charge in [0.05, 0.1) is 13.2 Å². The molecule has 0 aliphatic heterocycles. The first-order valence-electron chi connectivity index (χ1n) is 19.3. The summed E-state index contributed by atoms with van der Waals surface area (Å²) in [5.41, 5.74) is 5.33. The summed E-state index contributed by atoms with van der Waals surface area (Å²) in [4.78, 5) is 34.7. The number of hydrogen-bond acceptors (Lipinski definition) is 8. The first-order valence-corrected chi connectivity index (χ1v) is 20.8. The molecule has 0 aromatic rings. The zero-order valence-electron chi connectivity index (χ0n) is 30.7. The third kappa shape index (κ3) is 34.4. The lowest BCUT2D eigenvalue weighted by molar-refractivity contribution is -0.161. The number of esters is 2. The molecule has 0 bridgehead atoms. The van der Waals surface area contributed by atoms with Crippen molar-refractivity contribution >= 4 is 19.8 Å². The van der Waals surface area contributed by atoms with Gasteiger partial charge in [0.25, 0.3) is 0 Å². The van der Waals surface area contributed by atoms with Crippen molar-refractivity contribution < 1.29 is 37.6 Å². The molecule has 0 saturated heterocycles. The van der Waals surface area contributed by atoms with Crippen LogP contribution in [0.4, 0.5) is 0 Å². The van der Waals surface area contributed by atoms with Crippen LogP contribution < -0.4 is 5.73 Å². The molecule has 0 amide bonds. The molecule has 0 radical (unpaired) electrons. The summed E-state index contributed by atoms with van der Waals surface area (Å²) in [5, 5.41) is 0. The second kappa shape index (κ2) is 35.3. The standard InChI is InChI=1S/C38H72NO8P/c1-3-5-7-9-11-13-15-17-18-19-21-22-24-26-28-30-37(40)44-34-36(35-46-48(42,43)45-33-32-39)47-38(41)31-29-27-25-23-20-16-14-12-10-8-6-4-2/h11,13,17-18,36H,3-10,12,14-16,19-35,39H2,1-2H3,(H,42,43). The van der Waals surface area contributed by atoms with Gasteiger partial charge in [0, 0.05) is 19.4 Å². The van der Waals surface area contributed by atoms with Crippen LogP contribution >= 0.6 is 7.82 Å². The van der Waals surface area contributed by atoms with E-state index in [1.54, 1.807) is 0 Å². The topological polar surface area (TPSA) is 134 Å². The van der Waals surface area contributed by atoms with E-state index in [4.69, 9.17) is 24.3 Å². The van der Waals surface area contributed by atoms with E-state index in [2.05, 4.69) is 38.2 Å². The van der Waals surface area contributed by atoms with Crippen molar-refractivity contribution in [1.29, 1.82) is 0 Å². The smallest absolute Gasteiger partial charge is 0.462 e. The van der Waals surface area contributed by atoms with Gasteiger partial charge in [0.2, 0.25) is 0 Å². The average Bonchev–Trinajstić information content (AvgIpc) is 3.07. The SMILES string of the molecule is CCCCCC=CCC=CCCCCCCCC(=O)OCC(COP(=O)(O)OCCN)OC(=O)CCCCCCCCCCCCCC. The fraction of sp³-hybridized carbons (Fsp3) is 0.842. The summed E-state index contributed by atoms with van der Waals surface area (Å²) in [6.45, 7) is 3.68. The number of phosphoric acid groups is 1. The fourth-order valence-electron chi connectivity index (χ4n) is 5.19. The number of rotatable bonds is 36. The van der Waals surface area contributed by atoms with Gasteiger partial charge in [-0.3, -0.25) is 18.6 Å². The number of allylic oxidation sites excluding steroid dienone is 4. The van der Waals surface area contributed by atoms with Gasteiger partial charge < -0.3 is 20.1 Å². The lowest BCUT2D eigenvalue weighted by Crippen LogP contribution is -2.29. The molecule has 0 fully saturated rings. The van der Waals surface area contributed by atoms with Crippen LogP contribution in [-0.2, 0) is 32.7 Å². The van der Waals surface area contributed by atoms with Gasteiger partial charge in [-0.15, -0.1) is 0 Å². The van der Waals surface area contributed by atoms with E-state index in [-0.39, 0.29) is 32.6 Å². The minimum Gasteiger partial charge on any atom is -0.462 e. The molecule has 9 nitrogen and oxygen atoms in total. The Balaban J connectivity index is 4.23. The molecule has 2 atom stereocenters. The van der Waals surface area contributed by atoms with E-state index in [0.29, 0.717) is 6.42 Å². The molecular weight excluding hydrogens is 629 g/mol. The van der Waals surface area contributed by atoms with Crippen molar-refractivity contribution in [2.24, 2.45) is 5.73 Å². The zero-order valence-corrected chi connectivity index (χ0v) is 31.6. The molecule has 0 spiro atoms. The molecule has 3 N–H and O–H groups in total. The predicted molar refractivity (Wildman–Crippen MR) is 197 cm³/mol. The Hall–Kier alpha value is -1.51. The van der Waals surface area contributed by atoms with Crippen molar-refractivity contribution in [3.8, 4) is 0 Å². The molecule has 0 rings (SSSR count). The zero-order chi connectivity index (χ0) is 35.4. The minimum atomic E-state index is -4.37. The van der Waals surface area contributed by atoms with Gasteiger partial charge in [-0.1, -0.05) is 141 Å². The Labute approximate surface area is 293 Å². The van der Waals surface area contributed by atoms with E-state index < -0.39 is 32.5 Å². The number of carbonyl (C=O) groups is 2. The van der Waals surface area contributed by atoms with E-state index in [1.165, 1.54) is 83.5 Å². The monoisotopic (exact) mass is 701 g/mol. The maximum atomic E-state index is 12.5. The quantitative estimate of drug-likeness (QED) is 0.0283. The molecule has 0 heterocycles. The van der Waals surface area contributed by atoms with Crippen LogP contribution in [0, 0.1) is 0 Å². The van der Waals surface area contributed by atoms with Crippen LogP contribution in [0.2, 0.25) is 0 Å². The second-order valence-corrected chi connectivity index (χ2v) is 14.3. The predicted octanol–water partition coefficient (Wildman–Crippen LogP) is 10.4. The van der Waals surface area contributed by atoms with Crippen LogP contribution in [0.5, 0.6) is 0 Å². The second-order valence-electron chi connectivity index (χ2n) is 12.8. The molecule has 48 heavy (non-hydrogen) atoms.